The van der Waals surface area contributed by atoms with Crippen LogP contribution in [0.15, 0.2) is 0 Å². The lowest BCUT2D eigenvalue weighted by Gasteiger charge is -2.35. The molecule has 1 atom stereocenters. The minimum absolute atomic E-state index is 0.350. The third-order valence-corrected chi connectivity index (χ3v) is 4.42. The Balaban J connectivity index is 2.41. The maximum Gasteiger partial charge on any atom is 0.151 e. The van der Waals surface area contributed by atoms with Crippen LogP contribution in [0.2, 0.25) is 0 Å². The van der Waals surface area contributed by atoms with Gasteiger partial charge in [0.2, 0.25) is 0 Å². The second-order valence-corrected chi connectivity index (χ2v) is 6.13. The van der Waals surface area contributed by atoms with Crippen molar-refractivity contribution in [1.29, 1.82) is 0 Å². The second-order valence-electron chi connectivity index (χ2n) is 4.98. The summed E-state index contributed by atoms with van der Waals surface area (Å²) in [5, 5.41) is 4.56. The van der Waals surface area contributed by atoms with E-state index in [-0.39, 0.29) is 0 Å². The summed E-state index contributed by atoms with van der Waals surface area (Å²) in [6, 6.07) is 0.882. The van der Waals surface area contributed by atoms with Gasteiger partial charge in [0.1, 0.15) is 0 Å². The molecule has 1 aromatic rings. The van der Waals surface area contributed by atoms with Gasteiger partial charge in [0.15, 0.2) is 5.82 Å². The predicted molar refractivity (Wildman–Crippen MR) is 75.9 cm³/mol. The fourth-order valence-corrected chi connectivity index (χ4v) is 3.25. The van der Waals surface area contributed by atoms with Gasteiger partial charge in [0.25, 0.3) is 0 Å². The standard InChI is InChI=1S/C12H22N4S/c1-8(2)16-12(11(13)10(4)14-16)15-5-6-17-7-9(15)3/h8-9H,5-7,13H2,1-4H3. The number of nitrogen functional groups attached to an aromatic ring is 1. The van der Waals surface area contributed by atoms with Gasteiger partial charge < -0.3 is 10.6 Å². The van der Waals surface area contributed by atoms with E-state index in [1.165, 1.54) is 11.5 Å². The molecule has 0 saturated carbocycles. The average Bonchev–Trinajstić information content (AvgIpc) is 2.57. The Labute approximate surface area is 108 Å². The smallest absolute Gasteiger partial charge is 0.151 e. The van der Waals surface area contributed by atoms with Crippen LogP contribution in [0.25, 0.3) is 0 Å². The molecule has 0 bridgehead atoms. The summed E-state index contributed by atoms with van der Waals surface area (Å²) in [5.74, 6) is 3.46. The van der Waals surface area contributed by atoms with E-state index in [1.54, 1.807) is 0 Å². The van der Waals surface area contributed by atoms with Crippen LogP contribution in [0, 0.1) is 6.92 Å². The lowest BCUT2D eigenvalue weighted by Crippen LogP contribution is -2.42. The third kappa shape index (κ3) is 2.25. The van der Waals surface area contributed by atoms with E-state index in [0.29, 0.717) is 12.1 Å². The molecule has 2 heterocycles. The summed E-state index contributed by atoms with van der Waals surface area (Å²) in [5.41, 5.74) is 7.99. The molecule has 5 heteroatoms. The van der Waals surface area contributed by atoms with Gasteiger partial charge in [-0.05, 0) is 27.7 Å². The maximum atomic E-state index is 6.20. The minimum atomic E-state index is 0.350. The Hall–Kier alpha value is -0.840. The highest BCUT2D eigenvalue weighted by Gasteiger charge is 2.26. The molecule has 0 amide bonds. The van der Waals surface area contributed by atoms with Crippen LogP contribution < -0.4 is 10.6 Å². The quantitative estimate of drug-likeness (QED) is 0.879. The molecule has 2 N–H and O–H groups in total. The van der Waals surface area contributed by atoms with E-state index in [1.807, 2.05) is 18.7 Å². The van der Waals surface area contributed by atoms with Crippen LogP contribution in [0.1, 0.15) is 32.5 Å². The number of nitrogens with two attached hydrogens (primary N) is 1. The van der Waals surface area contributed by atoms with Crippen LogP contribution >= 0.6 is 11.8 Å². The summed E-state index contributed by atoms with van der Waals surface area (Å²) < 4.78 is 2.07. The molecule has 0 aliphatic carbocycles. The lowest BCUT2D eigenvalue weighted by molar-refractivity contribution is 0.515. The van der Waals surface area contributed by atoms with Crippen molar-refractivity contribution in [3.05, 3.63) is 5.69 Å². The lowest BCUT2D eigenvalue weighted by atomic mass is 10.2. The van der Waals surface area contributed by atoms with Crippen molar-refractivity contribution in [3.8, 4) is 0 Å². The molecule has 1 aromatic heterocycles. The number of thioether (sulfide) groups is 1. The first kappa shape index (κ1) is 12.6. The zero-order valence-corrected chi connectivity index (χ0v) is 11.9. The molecule has 2 rings (SSSR count). The van der Waals surface area contributed by atoms with Crippen LogP contribution in [0.5, 0.6) is 0 Å². The van der Waals surface area contributed by atoms with Crippen molar-refractivity contribution in [2.75, 3.05) is 28.7 Å². The van der Waals surface area contributed by atoms with Gasteiger partial charge in [-0.1, -0.05) is 0 Å². The van der Waals surface area contributed by atoms with E-state index < -0.39 is 0 Å². The highest BCUT2D eigenvalue weighted by Crippen LogP contribution is 2.33. The first-order chi connectivity index (χ1) is 8.02. The number of anilines is 2. The van der Waals surface area contributed by atoms with Gasteiger partial charge in [-0.15, -0.1) is 0 Å². The molecule has 1 saturated heterocycles. The fourth-order valence-electron chi connectivity index (χ4n) is 2.24. The van der Waals surface area contributed by atoms with Crippen LogP contribution in [-0.4, -0.2) is 33.9 Å². The summed E-state index contributed by atoms with van der Waals surface area (Å²) in [6.45, 7) is 9.62. The molecule has 0 spiro atoms. The number of aromatic nitrogens is 2. The molecule has 1 unspecified atom stereocenters. The van der Waals surface area contributed by atoms with E-state index in [9.17, 15) is 0 Å². The minimum Gasteiger partial charge on any atom is -0.394 e. The molecule has 4 nitrogen and oxygen atoms in total. The van der Waals surface area contributed by atoms with Crippen molar-refractivity contribution in [2.45, 2.75) is 39.8 Å². The van der Waals surface area contributed by atoms with Crippen LogP contribution in [0.4, 0.5) is 11.5 Å². The van der Waals surface area contributed by atoms with Crippen molar-refractivity contribution in [2.24, 2.45) is 0 Å². The van der Waals surface area contributed by atoms with Gasteiger partial charge in [-0.2, -0.15) is 16.9 Å². The highest BCUT2D eigenvalue weighted by molar-refractivity contribution is 7.99. The summed E-state index contributed by atoms with van der Waals surface area (Å²) >= 11 is 2.02. The number of nitrogens with zero attached hydrogens (tertiary/aromatic N) is 3. The Morgan fingerprint density at radius 2 is 2.18 bits per heavy atom. The number of hydrogen-bond acceptors (Lipinski definition) is 4. The average molecular weight is 254 g/mol. The maximum absolute atomic E-state index is 6.20. The molecular formula is C12H22N4S. The van der Waals surface area contributed by atoms with Gasteiger partial charge in [-0.25, -0.2) is 4.68 Å². The summed E-state index contributed by atoms with van der Waals surface area (Å²) in [6.07, 6.45) is 0. The van der Waals surface area contributed by atoms with Crippen molar-refractivity contribution in [3.63, 3.8) is 0 Å². The van der Waals surface area contributed by atoms with E-state index in [0.717, 1.165) is 23.7 Å². The van der Waals surface area contributed by atoms with Gasteiger partial charge in [-0.3, -0.25) is 0 Å². The fraction of sp³-hybridized carbons (Fsp3) is 0.750. The molecule has 0 aromatic carbocycles. The Bertz CT molecular complexity index is 399. The van der Waals surface area contributed by atoms with E-state index in [2.05, 4.69) is 35.5 Å². The van der Waals surface area contributed by atoms with Gasteiger partial charge >= 0.3 is 0 Å². The first-order valence-electron chi connectivity index (χ1n) is 6.21. The van der Waals surface area contributed by atoms with Crippen molar-refractivity contribution >= 4 is 23.3 Å². The number of hydrogen-bond donors (Lipinski definition) is 1. The third-order valence-electron chi connectivity index (χ3n) is 3.23. The molecule has 17 heavy (non-hydrogen) atoms. The van der Waals surface area contributed by atoms with E-state index in [4.69, 9.17) is 5.73 Å². The van der Waals surface area contributed by atoms with Crippen molar-refractivity contribution in [1.82, 2.24) is 9.78 Å². The van der Waals surface area contributed by atoms with Crippen molar-refractivity contribution < 1.29 is 0 Å². The largest absolute Gasteiger partial charge is 0.394 e. The second kappa shape index (κ2) is 4.80. The first-order valence-corrected chi connectivity index (χ1v) is 7.36. The molecular weight excluding hydrogens is 232 g/mol. The molecule has 1 aliphatic heterocycles. The molecule has 0 radical (unpaired) electrons. The summed E-state index contributed by atoms with van der Waals surface area (Å²) in [7, 11) is 0. The zero-order valence-electron chi connectivity index (χ0n) is 11.1. The topological polar surface area (TPSA) is 47.1 Å². The normalized spacial score (nSPS) is 21.2. The summed E-state index contributed by atoms with van der Waals surface area (Å²) in [4.78, 5) is 2.41. The number of rotatable bonds is 2. The van der Waals surface area contributed by atoms with Crippen LogP contribution in [0.3, 0.4) is 0 Å². The molecule has 1 fully saturated rings. The molecule has 1 aliphatic rings. The SMILES string of the molecule is Cc1nn(C(C)C)c(N2CCSCC2C)c1N. The van der Waals surface area contributed by atoms with Crippen LogP contribution in [-0.2, 0) is 0 Å². The van der Waals surface area contributed by atoms with Gasteiger partial charge in [0, 0.05) is 30.1 Å². The monoisotopic (exact) mass is 254 g/mol. The van der Waals surface area contributed by atoms with Gasteiger partial charge in [0.05, 0.1) is 11.4 Å². The Morgan fingerprint density at radius 1 is 1.47 bits per heavy atom. The Morgan fingerprint density at radius 3 is 2.76 bits per heavy atom. The highest BCUT2D eigenvalue weighted by atomic mass is 32.2. The predicted octanol–water partition coefficient (Wildman–Crippen LogP) is 2.30. The van der Waals surface area contributed by atoms with E-state index >= 15 is 0 Å². The zero-order chi connectivity index (χ0) is 12.6. The number of aryl methyl sites for hydroxylation is 1. The Kier molecular flexibility index (Phi) is 3.56. The molecule has 96 valence electrons.